The largest absolute Gasteiger partial charge is 0.277 e. The van der Waals surface area contributed by atoms with Crippen molar-refractivity contribution in [2.75, 3.05) is 0 Å². The number of carbonyl (C=O) groups excluding carboxylic acids is 2. The number of hydrogen-bond donors (Lipinski definition) is 0. The summed E-state index contributed by atoms with van der Waals surface area (Å²) < 4.78 is 0. The molecule has 0 aromatic heterocycles. The minimum atomic E-state index is -0.495. The highest BCUT2D eigenvalue weighted by Gasteiger charge is 2.66. The molecule has 1 saturated heterocycles. The van der Waals surface area contributed by atoms with Crippen molar-refractivity contribution in [3.63, 3.8) is 0 Å². The van der Waals surface area contributed by atoms with Gasteiger partial charge in [0.15, 0.2) is 0 Å². The van der Waals surface area contributed by atoms with Crippen LogP contribution in [-0.2, 0) is 16.1 Å². The molecular weight excluding hydrogens is 250 g/mol. The first-order chi connectivity index (χ1) is 9.62. The highest BCUT2D eigenvalue weighted by atomic mass is 16.2. The maximum Gasteiger partial charge on any atom is 0.236 e. The van der Waals surface area contributed by atoms with Crippen LogP contribution in [0.4, 0.5) is 0 Å². The van der Waals surface area contributed by atoms with Crippen molar-refractivity contribution >= 4 is 11.8 Å². The summed E-state index contributed by atoms with van der Waals surface area (Å²) in [4.78, 5) is 26.9. The fourth-order valence-electron chi connectivity index (χ4n) is 4.30. The molecule has 1 aliphatic heterocycles. The molecule has 0 radical (unpaired) electrons. The van der Waals surface area contributed by atoms with E-state index in [1.54, 1.807) is 0 Å². The van der Waals surface area contributed by atoms with Crippen molar-refractivity contribution < 1.29 is 9.59 Å². The number of benzene rings is 1. The summed E-state index contributed by atoms with van der Waals surface area (Å²) in [5.74, 6) is 0.428. The summed E-state index contributed by atoms with van der Waals surface area (Å²) in [6.07, 6.45) is 5.24. The first-order valence-electron chi connectivity index (χ1n) is 7.20. The van der Waals surface area contributed by atoms with Crippen LogP contribution in [0.5, 0.6) is 0 Å². The molecule has 2 bridgehead atoms. The van der Waals surface area contributed by atoms with Gasteiger partial charge in [-0.3, -0.25) is 14.5 Å². The zero-order valence-corrected chi connectivity index (χ0v) is 11.5. The second-order valence-corrected chi connectivity index (χ2v) is 6.37. The molecular formula is C17H17NO2. The smallest absolute Gasteiger partial charge is 0.236 e. The molecule has 2 aliphatic carbocycles. The molecule has 3 heteroatoms. The Morgan fingerprint density at radius 1 is 1.20 bits per heavy atom. The second-order valence-electron chi connectivity index (χ2n) is 6.37. The zero-order valence-electron chi connectivity index (χ0n) is 11.5. The summed E-state index contributed by atoms with van der Waals surface area (Å²) in [5, 5.41) is 0. The van der Waals surface area contributed by atoms with E-state index in [-0.39, 0.29) is 29.6 Å². The Morgan fingerprint density at radius 3 is 2.65 bits per heavy atom. The van der Waals surface area contributed by atoms with E-state index in [4.69, 9.17) is 0 Å². The Labute approximate surface area is 118 Å². The van der Waals surface area contributed by atoms with Gasteiger partial charge in [-0.05, 0) is 30.7 Å². The Kier molecular flexibility index (Phi) is 2.27. The molecule has 4 atom stereocenters. The average molecular weight is 267 g/mol. The van der Waals surface area contributed by atoms with Crippen LogP contribution in [0.2, 0.25) is 0 Å². The third-order valence-corrected chi connectivity index (χ3v) is 5.38. The van der Waals surface area contributed by atoms with Crippen molar-refractivity contribution in [1.29, 1.82) is 0 Å². The molecule has 102 valence electrons. The summed E-state index contributed by atoms with van der Waals surface area (Å²) in [7, 11) is 0. The Morgan fingerprint density at radius 2 is 1.95 bits per heavy atom. The standard InChI is InChI=1S/C17H17NO2/c1-17-13-8-7-12(9-13)14(17)15(19)18(16(17)20)10-11-5-3-2-4-6-11/h2-8,12-14H,9-10H2,1H3/t12-,13+,14-,17-/m1/s1. The van der Waals surface area contributed by atoms with Crippen LogP contribution < -0.4 is 0 Å². The van der Waals surface area contributed by atoms with Gasteiger partial charge in [-0.25, -0.2) is 0 Å². The predicted molar refractivity (Wildman–Crippen MR) is 74.3 cm³/mol. The molecule has 2 fully saturated rings. The molecule has 4 rings (SSSR count). The highest BCUT2D eigenvalue weighted by Crippen LogP contribution is 2.60. The van der Waals surface area contributed by atoms with Gasteiger partial charge in [0.25, 0.3) is 0 Å². The monoisotopic (exact) mass is 267 g/mol. The van der Waals surface area contributed by atoms with Crippen LogP contribution in [0.3, 0.4) is 0 Å². The number of nitrogens with zero attached hydrogens (tertiary/aromatic N) is 1. The minimum Gasteiger partial charge on any atom is -0.277 e. The molecule has 20 heavy (non-hydrogen) atoms. The number of hydrogen-bond acceptors (Lipinski definition) is 2. The molecule has 3 nitrogen and oxygen atoms in total. The van der Waals surface area contributed by atoms with E-state index in [9.17, 15) is 9.59 Å². The minimum absolute atomic E-state index is 0.0215. The normalized spacial score (nSPS) is 37.9. The number of carbonyl (C=O) groups is 2. The quantitative estimate of drug-likeness (QED) is 0.609. The number of amides is 2. The van der Waals surface area contributed by atoms with Gasteiger partial charge in [0.1, 0.15) is 0 Å². The lowest BCUT2D eigenvalue weighted by atomic mass is 9.71. The van der Waals surface area contributed by atoms with Gasteiger partial charge in [0.05, 0.1) is 17.9 Å². The number of imide groups is 1. The third-order valence-electron chi connectivity index (χ3n) is 5.38. The van der Waals surface area contributed by atoms with Crippen LogP contribution in [0.1, 0.15) is 18.9 Å². The van der Waals surface area contributed by atoms with Crippen LogP contribution in [-0.4, -0.2) is 16.7 Å². The van der Waals surface area contributed by atoms with Crippen molar-refractivity contribution in [1.82, 2.24) is 4.90 Å². The topological polar surface area (TPSA) is 37.4 Å². The first-order valence-corrected chi connectivity index (χ1v) is 7.20. The van der Waals surface area contributed by atoms with Gasteiger partial charge in [0, 0.05) is 0 Å². The zero-order chi connectivity index (χ0) is 13.9. The fourth-order valence-corrected chi connectivity index (χ4v) is 4.30. The van der Waals surface area contributed by atoms with Crippen molar-refractivity contribution in [2.24, 2.45) is 23.2 Å². The van der Waals surface area contributed by atoms with Crippen molar-refractivity contribution in [2.45, 2.75) is 19.9 Å². The van der Waals surface area contributed by atoms with E-state index in [0.29, 0.717) is 6.54 Å². The average Bonchev–Trinajstić information content (AvgIpc) is 3.08. The summed E-state index contributed by atoms with van der Waals surface area (Å²) in [6.45, 7) is 2.39. The summed E-state index contributed by atoms with van der Waals surface area (Å²) in [6, 6.07) is 9.74. The lowest BCUT2D eigenvalue weighted by Gasteiger charge is -2.28. The van der Waals surface area contributed by atoms with E-state index in [2.05, 4.69) is 12.2 Å². The molecule has 1 saturated carbocycles. The van der Waals surface area contributed by atoms with E-state index in [0.717, 1.165) is 12.0 Å². The van der Waals surface area contributed by atoms with Gasteiger partial charge >= 0.3 is 0 Å². The Hall–Kier alpha value is -1.90. The molecule has 2 amide bonds. The lowest BCUT2D eigenvalue weighted by Crippen LogP contribution is -2.37. The van der Waals surface area contributed by atoms with E-state index < -0.39 is 5.41 Å². The molecule has 0 N–H and O–H groups in total. The summed E-state index contributed by atoms with van der Waals surface area (Å²) in [5.41, 5.74) is 0.517. The maximum atomic E-state index is 12.8. The first kappa shape index (κ1) is 11.9. The van der Waals surface area contributed by atoms with Gasteiger partial charge in [-0.1, -0.05) is 42.5 Å². The number of rotatable bonds is 2. The molecule has 3 aliphatic rings. The highest BCUT2D eigenvalue weighted by molar-refractivity contribution is 6.08. The van der Waals surface area contributed by atoms with E-state index >= 15 is 0 Å². The Bertz CT molecular complexity index is 621. The summed E-state index contributed by atoms with van der Waals surface area (Å²) >= 11 is 0. The van der Waals surface area contributed by atoms with Crippen LogP contribution in [0, 0.1) is 23.2 Å². The maximum absolute atomic E-state index is 12.8. The number of likely N-dealkylation sites (tertiary alicyclic amines) is 1. The molecule has 1 aromatic carbocycles. The fraction of sp³-hybridized carbons (Fsp3) is 0.412. The van der Waals surface area contributed by atoms with E-state index in [1.165, 1.54) is 4.90 Å². The van der Waals surface area contributed by atoms with Gasteiger partial charge in [0.2, 0.25) is 11.8 Å². The SMILES string of the molecule is C[C@]12C(=O)N(Cc3ccccc3)C(=O)[C@H]1[C@@H]1C=C[C@H]2C1. The molecule has 1 heterocycles. The van der Waals surface area contributed by atoms with E-state index in [1.807, 2.05) is 37.3 Å². The van der Waals surface area contributed by atoms with Crippen LogP contribution in [0.15, 0.2) is 42.5 Å². The van der Waals surface area contributed by atoms with Gasteiger partial charge < -0.3 is 0 Å². The van der Waals surface area contributed by atoms with Gasteiger partial charge in [-0.2, -0.15) is 0 Å². The molecule has 0 unspecified atom stereocenters. The molecule has 1 aromatic rings. The number of allylic oxidation sites excluding steroid dienone is 2. The number of fused-ring (bicyclic) bond motifs is 5. The lowest BCUT2D eigenvalue weighted by molar-refractivity contribution is -0.142. The Balaban J connectivity index is 1.68. The predicted octanol–water partition coefficient (Wildman–Crippen LogP) is 2.38. The third kappa shape index (κ3) is 1.30. The van der Waals surface area contributed by atoms with Crippen molar-refractivity contribution in [3.8, 4) is 0 Å². The van der Waals surface area contributed by atoms with Crippen LogP contribution >= 0.6 is 0 Å². The molecule has 0 spiro atoms. The van der Waals surface area contributed by atoms with Gasteiger partial charge in [-0.15, -0.1) is 0 Å². The van der Waals surface area contributed by atoms with Crippen molar-refractivity contribution in [3.05, 3.63) is 48.0 Å². The van der Waals surface area contributed by atoms with Crippen LogP contribution in [0.25, 0.3) is 0 Å². The second kappa shape index (κ2) is 3.81.